The van der Waals surface area contributed by atoms with Crippen LogP contribution < -0.4 is 5.73 Å². The number of aryl methyl sites for hydroxylation is 1. The first-order valence-corrected chi connectivity index (χ1v) is 10.1. The van der Waals surface area contributed by atoms with E-state index in [0.29, 0.717) is 34.0 Å². The maximum atomic E-state index is 12.8. The number of rotatable bonds is 6. The van der Waals surface area contributed by atoms with Crippen molar-refractivity contribution in [3.05, 3.63) is 42.2 Å². The molecule has 0 radical (unpaired) electrons. The average Bonchev–Trinajstić information content (AvgIpc) is 3.35. The minimum absolute atomic E-state index is 0.0445. The highest BCUT2D eigenvalue weighted by Crippen LogP contribution is 2.36. The van der Waals surface area contributed by atoms with E-state index in [1.54, 1.807) is 53.9 Å². The van der Waals surface area contributed by atoms with E-state index in [2.05, 4.69) is 21.1 Å². The second-order valence-corrected chi connectivity index (χ2v) is 8.02. The molecule has 0 aromatic carbocycles. The zero-order valence-electron chi connectivity index (χ0n) is 18.1. The molecule has 172 valence electrons. The molecule has 4 heterocycles. The second kappa shape index (κ2) is 8.32. The summed E-state index contributed by atoms with van der Waals surface area (Å²) in [6, 6.07) is 3.88. The zero-order valence-corrected chi connectivity index (χ0v) is 18.1. The van der Waals surface area contributed by atoms with Crippen molar-refractivity contribution in [2.75, 3.05) is 26.7 Å². The summed E-state index contributed by atoms with van der Waals surface area (Å²) >= 11 is 0. The standard InChI is InChI=1S/C21H22F3N9/c1-14-16(10-33(30-14)20(3-4-25)11-31(12-20)13-21(22,23)24)19-29-17(15(8-26)9-27-2)7-18-28-5-6-32(18)19/h5-10H,3,11-13,26H2,1-2H3. The molecule has 4 rings (SSSR count). The van der Waals surface area contributed by atoms with Gasteiger partial charge in [-0.25, -0.2) is 9.97 Å². The third kappa shape index (κ3) is 4.19. The third-order valence-corrected chi connectivity index (χ3v) is 5.61. The monoisotopic (exact) mass is 457 g/mol. The molecule has 0 unspecified atom stereocenters. The number of halogens is 3. The molecule has 3 aromatic heterocycles. The number of aromatic nitrogens is 5. The average molecular weight is 457 g/mol. The molecule has 3 aromatic rings. The van der Waals surface area contributed by atoms with E-state index in [1.807, 2.05) is 0 Å². The summed E-state index contributed by atoms with van der Waals surface area (Å²) in [5.41, 5.74) is 8.04. The predicted octanol–water partition coefficient (Wildman–Crippen LogP) is 2.39. The molecule has 1 aliphatic rings. The number of nitriles is 1. The Morgan fingerprint density at radius 1 is 1.39 bits per heavy atom. The Kier molecular flexibility index (Phi) is 5.67. The Morgan fingerprint density at radius 3 is 2.79 bits per heavy atom. The van der Waals surface area contributed by atoms with Gasteiger partial charge in [0.2, 0.25) is 0 Å². The number of allylic oxidation sites excluding steroid dienone is 1. The van der Waals surface area contributed by atoms with Gasteiger partial charge >= 0.3 is 6.18 Å². The van der Waals surface area contributed by atoms with E-state index in [-0.39, 0.29) is 19.5 Å². The molecule has 0 saturated carbocycles. The number of fused-ring (bicyclic) bond motifs is 1. The fraction of sp³-hybridized carbons (Fsp3) is 0.381. The van der Waals surface area contributed by atoms with E-state index in [4.69, 9.17) is 10.7 Å². The van der Waals surface area contributed by atoms with E-state index in [9.17, 15) is 18.4 Å². The maximum absolute atomic E-state index is 12.8. The van der Waals surface area contributed by atoms with Gasteiger partial charge < -0.3 is 5.73 Å². The van der Waals surface area contributed by atoms with Gasteiger partial charge in [-0.3, -0.25) is 19.0 Å². The molecular weight excluding hydrogens is 435 g/mol. The van der Waals surface area contributed by atoms with Crippen molar-refractivity contribution < 1.29 is 13.2 Å². The topological polar surface area (TPSA) is 113 Å². The van der Waals surface area contributed by atoms with Crippen LogP contribution in [0.5, 0.6) is 0 Å². The van der Waals surface area contributed by atoms with Crippen LogP contribution in [0.3, 0.4) is 0 Å². The van der Waals surface area contributed by atoms with Gasteiger partial charge in [-0.15, -0.1) is 0 Å². The summed E-state index contributed by atoms with van der Waals surface area (Å²) in [6.45, 7) is 0.950. The van der Waals surface area contributed by atoms with Crippen molar-refractivity contribution in [1.29, 1.82) is 5.26 Å². The Morgan fingerprint density at radius 2 is 2.15 bits per heavy atom. The Labute approximate surface area is 187 Å². The maximum Gasteiger partial charge on any atom is 0.401 e. The van der Waals surface area contributed by atoms with Gasteiger partial charge in [0.05, 0.1) is 36.0 Å². The van der Waals surface area contributed by atoms with Gasteiger partial charge in [0, 0.05) is 62.8 Å². The van der Waals surface area contributed by atoms with E-state index in [0.717, 1.165) is 0 Å². The van der Waals surface area contributed by atoms with Crippen molar-refractivity contribution >= 4 is 17.4 Å². The highest BCUT2D eigenvalue weighted by molar-refractivity contribution is 6.09. The first-order chi connectivity index (χ1) is 15.7. The number of nitrogens with zero attached hydrogens (tertiary/aromatic N) is 8. The van der Waals surface area contributed by atoms with Crippen molar-refractivity contribution in [3.8, 4) is 17.5 Å². The van der Waals surface area contributed by atoms with Crippen LogP contribution in [0.15, 0.2) is 35.8 Å². The van der Waals surface area contributed by atoms with Crippen LogP contribution in [0.2, 0.25) is 0 Å². The summed E-state index contributed by atoms with van der Waals surface area (Å²) < 4.78 is 41.8. The van der Waals surface area contributed by atoms with Crippen LogP contribution in [0, 0.1) is 18.3 Å². The number of likely N-dealkylation sites (tertiary alicyclic amines) is 1. The fourth-order valence-corrected chi connectivity index (χ4v) is 4.15. The first kappa shape index (κ1) is 22.5. The lowest BCUT2D eigenvalue weighted by molar-refractivity contribution is -0.167. The quantitative estimate of drug-likeness (QED) is 0.569. The van der Waals surface area contributed by atoms with Gasteiger partial charge in [-0.1, -0.05) is 0 Å². The lowest BCUT2D eigenvalue weighted by Crippen LogP contribution is -2.64. The molecule has 12 heteroatoms. The highest BCUT2D eigenvalue weighted by atomic mass is 19.4. The molecule has 0 amide bonds. The van der Waals surface area contributed by atoms with Crippen molar-refractivity contribution in [1.82, 2.24) is 29.0 Å². The van der Waals surface area contributed by atoms with E-state index < -0.39 is 18.3 Å². The summed E-state index contributed by atoms with van der Waals surface area (Å²) in [5, 5.41) is 13.9. The third-order valence-electron chi connectivity index (χ3n) is 5.61. The minimum atomic E-state index is -4.29. The first-order valence-electron chi connectivity index (χ1n) is 10.1. The molecule has 33 heavy (non-hydrogen) atoms. The molecular formula is C21H22F3N9. The van der Waals surface area contributed by atoms with Crippen LogP contribution in [-0.2, 0) is 5.54 Å². The Balaban J connectivity index is 1.76. The number of imidazole rings is 1. The summed E-state index contributed by atoms with van der Waals surface area (Å²) in [7, 11) is 1.63. The van der Waals surface area contributed by atoms with Gasteiger partial charge in [0.15, 0.2) is 0 Å². The summed E-state index contributed by atoms with van der Waals surface area (Å²) in [6.07, 6.45) is 3.89. The molecule has 1 aliphatic heterocycles. The van der Waals surface area contributed by atoms with Gasteiger partial charge in [0.1, 0.15) is 17.0 Å². The lowest BCUT2D eigenvalue weighted by Gasteiger charge is -2.49. The molecule has 0 atom stereocenters. The number of nitrogens with two attached hydrogens (primary N) is 1. The number of alkyl halides is 3. The van der Waals surface area contributed by atoms with Crippen LogP contribution in [0.1, 0.15) is 17.8 Å². The second-order valence-electron chi connectivity index (χ2n) is 8.02. The van der Waals surface area contributed by atoms with Crippen LogP contribution in [-0.4, -0.2) is 68.1 Å². The molecule has 1 fully saturated rings. The number of hydrogen-bond acceptors (Lipinski definition) is 7. The smallest absolute Gasteiger partial charge is 0.401 e. The number of aliphatic imine (C=N–C) groups is 1. The normalized spacial score (nSPS) is 16.9. The highest BCUT2D eigenvalue weighted by Gasteiger charge is 2.49. The number of hydrogen-bond donors (Lipinski definition) is 1. The van der Waals surface area contributed by atoms with Gasteiger partial charge in [-0.2, -0.15) is 23.5 Å². The molecule has 0 spiro atoms. The predicted molar refractivity (Wildman–Crippen MR) is 116 cm³/mol. The van der Waals surface area contributed by atoms with E-state index in [1.165, 1.54) is 11.1 Å². The Bertz CT molecular complexity index is 1270. The van der Waals surface area contributed by atoms with Crippen molar-refractivity contribution in [2.45, 2.75) is 25.1 Å². The zero-order chi connectivity index (χ0) is 23.8. The fourth-order valence-electron chi connectivity index (χ4n) is 4.15. The summed E-state index contributed by atoms with van der Waals surface area (Å²) in [4.78, 5) is 14.4. The van der Waals surface area contributed by atoms with Gasteiger partial charge in [-0.05, 0) is 6.92 Å². The SMILES string of the molecule is CN=CC(=CN)c1cc2nccn2c(-c2cn(C3(CC#N)CN(CC(F)(F)F)C3)nc2C)n1. The van der Waals surface area contributed by atoms with Crippen molar-refractivity contribution in [2.24, 2.45) is 10.7 Å². The molecule has 0 aliphatic carbocycles. The molecule has 9 nitrogen and oxygen atoms in total. The van der Waals surface area contributed by atoms with Crippen LogP contribution in [0.25, 0.3) is 22.6 Å². The van der Waals surface area contributed by atoms with E-state index >= 15 is 0 Å². The molecule has 2 N–H and O–H groups in total. The summed E-state index contributed by atoms with van der Waals surface area (Å²) in [5.74, 6) is 0.547. The minimum Gasteiger partial charge on any atom is -0.404 e. The van der Waals surface area contributed by atoms with Crippen molar-refractivity contribution in [3.63, 3.8) is 0 Å². The largest absolute Gasteiger partial charge is 0.404 e. The van der Waals surface area contributed by atoms with Crippen LogP contribution >= 0.6 is 0 Å². The lowest BCUT2D eigenvalue weighted by atomic mass is 9.87. The molecule has 1 saturated heterocycles. The molecule has 0 bridgehead atoms. The van der Waals surface area contributed by atoms with Gasteiger partial charge in [0.25, 0.3) is 0 Å². The Hall–Kier alpha value is -3.72. The van der Waals surface area contributed by atoms with Crippen LogP contribution in [0.4, 0.5) is 13.2 Å².